The fourth-order valence-electron chi connectivity index (χ4n) is 3.43. The third-order valence-electron chi connectivity index (χ3n) is 5.13. The monoisotopic (exact) mass is 370 g/mol. The zero-order valence-electron chi connectivity index (χ0n) is 16.6. The van der Waals surface area contributed by atoms with Crippen LogP contribution in [0.5, 0.6) is 0 Å². The molecular formula is C25H26N2O. The molecular weight excluding hydrogens is 344 g/mol. The van der Waals surface area contributed by atoms with Gasteiger partial charge in [-0.1, -0.05) is 36.4 Å². The van der Waals surface area contributed by atoms with Crippen molar-refractivity contribution in [3.8, 4) is 11.5 Å². The van der Waals surface area contributed by atoms with Crippen LogP contribution in [0, 0.1) is 0 Å². The second kappa shape index (κ2) is 8.30. The number of rotatable bonds is 7. The highest BCUT2D eigenvalue weighted by atomic mass is 16.3. The third-order valence-corrected chi connectivity index (χ3v) is 5.13. The van der Waals surface area contributed by atoms with Crippen molar-refractivity contribution in [1.29, 1.82) is 0 Å². The van der Waals surface area contributed by atoms with E-state index in [1.165, 1.54) is 29.7 Å². The molecule has 0 saturated carbocycles. The van der Waals surface area contributed by atoms with Crippen LogP contribution in [0.1, 0.15) is 24.0 Å². The average Bonchev–Trinajstić information content (AvgIpc) is 3.16. The van der Waals surface area contributed by atoms with Gasteiger partial charge in [0, 0.05) is 25.3 Å². The summed E-state index contributed by atoms with van der Waals surface area (Å²) in [6.45, 7) is 0. The maximum absolute atomic E-state index is 5.85. The molecule has 0 fully saturated rings. The molecule has 142 valence electrons. The fourth-order valence-corrected chi connectivity index (χ4v) is 3.43. The predicted octanol–water partition coefficient (Wildman–Crippen LogP) is 6.13. The van der Waals surface area contributed by atoms with Gasteiger partial charge < -0.3 is 9.32 Å². The molecule has 3 aromatic carbocycles. The molecule has 0 amide bonds. The zero-order valence-corrected chi connectivity index (χ0v) is 16.6. The molecule has 3 nitrogen and oxygen atoms in total. The van der Waals surface area contributed by atoms with Crippen LogP contribution < -0.4 is 4.90 Å². The summed E-state index contributed by atoms with van der Waals surface area (Å²) < 4.78 is 5.85. The van der Waals surface area contributed by atoms with E-state index in [1.54, 1.807) is 0 Å². The first-order chi connectivity index (χ1) is 13.7. The van der Waals surface area contributed by atoms with Crippen LogP contribution in [-0.4, -0.2) is 19.1 Å². The van der Waals surface area contributed by atoms with Gasteiger partial charge in [-0.2, -0.15) is 0 Å². The Hall–Kier alpha value is -3.07. The lowest BCUT2D eigenvalue weighted by Crippen LogP contribution is -2.08. The highest BCUT2D eigenvalue weighted by Crippen LogP contribution is 2.24. The van der Waals surface area contributed by atoms with Crippen molar-refractivity contribution < 1.29 is 4.42 Å². The Bertz CT molecular complexity index is 997. The van der Waals surface area contributed by atoms with Crippen LogP contribution in [0.2, 0.25) is 0 Å². The van der Waals surface area contributed by atoms with Gasteiger partial charge in [-0.25, -0.2) is 4.98 Å². The van der Waals surface area contributed by atoms with E-state index in [0.717, 1.165) is 29.5 Å². The molecule has 0 saturated heterocycles. The van der Waals surface area contributed by atoms with E-state index < -0.39 is 0 Å². The fraction of sp³-hybridized carbons (Fsp3) is 0.240. The lowest BCUT2D eigenvalue weighted by Gasteiger charge is -2.12. The van der Waals surface area contributed by atoms with E-state index in [-0.39, 0.29) is 0 Å². The first kappa shape index (κ1) is 18.3. The Morgan fingerprint density at radius 2 is 1.36 bits per heavy atom. The van der Waals surface area contributed by atoms with E-state index in [9.17, 15) is 0 Å². The van der Waals surface area contributed by atoms with Crippen LogP contribution in [-0.2, 0) is 12.8 Å². The van der Waals surface area contributed by atoms with E-state index in [1.807, 2.05) is 24.3 Å². The van der Waals surface area contributed by atoms with Gasteiger partial charge in [-0.3, -0.25) is 0 Å². The predicted molar refractivity (Wildman–Crippen MR) is 117 cm³/mol. The number of nitrogens with zero attached hydrogens (tertiary/aromatic N) is 2. The zero-order chi connectivity index (χ0) is 19.3. The molecule has 1 aromatic heterocycles. The summed E-state index contributed by atoms with van der Waals surface area (Å²) >= 11 is 0. The molecule has 0 aliphatic carbocycles. The normalized spacial score (nSPS) is 11.1. The Morgan fingerprint density at radius 1 is 0.750 bits per heavy atom. The molecule has 3 heteroatoms. The van der Waals surface area contributed by atoms with Gasteiger partial charge in [0.15, 0.2) is 5.58 Å². The van der Waals surface area contributed by atoms with Crippen LogP contribution >= 0.6 is 0 Å². The Labute approximate surface area is 166 Å². The van der Waals surface area contributed by atoms with Crippen LogP contribution in [0.3, 0.4) is 0 Å². The number of unbranched alkanes of at least 4 members (excludes halogenated alkanes) is 1. The standard InChI is InChI=1S/C25H26N2O/c1-27(2)22-17-13-20(14-18-22)8-4-3-7-19-11-15-21(16-12-19)25-26-23-9-5-6-10-24(23)28-25/h5-6,9-18H,3-4,7-8H2,1-2H3. The van der Waals surface area contributed by atoms with Crippen molar-refractivity contribution in [2.45, 2.75) is 25.7 Å². The molecule has 0 aliphatic rings. The van der Waals surface area contributed by atoms with Gasteiger partial charge in [-0.15, -0.1) is 0 Å². The first-order valence-electron chi connectivity index (χ1n) is 9.90. The maximum atomic E-state index is 5.85. The van der Waals surface area contributed by atoms with Crippen molar-refractivity contribution in [1.82, 2.24) is 4.98 Å². The minimum atomic E-state index is 0.689. The molecule has 0 atom stereocenters. The van der Waals surface area contributed by atoms with E-state index in [2.05, 4.69) is 72.5 Å². The summed E-state index contributed by atoms with van der Waals surface area (Å²) in [5.41, 5.74) is 6.80. The lowest BCUT2D eigenvalue weighted by molar-refractivity contribution is 0.620. The van der Waals surface area contributed by atoms with Crippen LogP contribution in [0.25, 0.3) is 22.6 Å². The van der Waals surface area contributed by atoms with Crippen LogP contribution in [0.4, 0.5) is 5.69 Å². The second-order valence-corrected chi connectivity index (χ2v) is 7.45. The summed E-state index contributed by atoms with van der Waals surface area (Å²) in [4.78, 5) is 6.70. The SMILES string of the molecule is CN(C)c1ccc(CCCCc2ccc(-c3nc4ccccc4o3)cc2)cc1. The summed E-state index contributed by atoms with van der Waals surface area (Å²) in [7, 11) is 4.15. The summed E-state index contributed by atoms with van der Waals surface area (Å²) in [5.74, 6) is 0.689. The molecule has 0 aliphatic heterocycles. The van der Waals surface area contributed by atoms with Gasteiger partial charge in [0.25, 0.3) is 0 Å². The highest BCUT2D eigenvalue weighted by molar-refractivity contribution is 5.75. The van der Waals surface area contributed by atoms with Gasteiger partial charge in [0.1, 0.15) is 5.52 Å². The van der Waals surface area contributed by atoms with Gasteiger partial charge in [0.05, 0.1) is 0 Å². The molecule has 0 N–H and O–H groups in total. The van der Waals surface area contributed by atoms with E-state index >= 15 is 0 Å². The number of benzene rings is 3. The minimum Gasteiger partial charge on any atom is -0.436 e. The number of hydrogen-bond acceptors (Lipinski definition) is 3. The maximum Gasteiger partial charge on any atom is 0.227 e. The number of oxazole rings is 1. The summed E-state index contributed by atoms with van der Waals surface area (Å²) in [6.07, 6.45) is 4.63. The molecule has 0 spiro atoms. The number of aromatic nitrogens is 1. The van der Waals surface area contributed by atoms with Crippen molar-refractivity contribution in [3.05, 3.63) is 83.9 Å². The highest BCUT2D eigenvalue weighted by Gasteiger charge is 2.07. The van der Waals surface area contributed by atoms with Crippen molar-refractivity contribution in [3.63, 3.8) is 0 Å². The number of aryl methyl sites for hydroxylation is 2. The molecule has 4 rings (SSSR count). The molecule has 28 heavy (non-hydrogen) atoms. The molecule has 1 heterocycles. The van der Waals surface area contributed by atoms with Crippen molar-refractivity contribution >= 4 is 16.8 Å². The largest absolute Gasteiger partial charge is 0.436 e. The van der Waals surface area contributed by atoms with Crippen LogP contribution in [0.15, 0.2) is 77.2 Å². The van der Waals surface area contributed by atoms with Gasteiger partial charge in [0.2, 0.25) is 5.89 Å². The molecule has 0 radical (unpaired) electrons. The Kier molecular flexibility index (Phi) is 5.43. The number of fused-ring (bicyclic) bond motifs is 1. The smallest absolute Gasteiger partial charge is 0.227 e. The quantitative estimate of drug-likeness (QED) is 0.367. The Morgan fingerprint density at radius 3 is 1.96 bits per heavy atom. The topological polar surface area (TPSA) is 29.3 Å². The number of para-hydroxylation sites is 2. The Balaban J connectivity index is 1.29. The minimum absolute atomic E-state index is 0.689. The number of anilines is 1. The van der Waals surface area contributed by atoms with Crippen molar-refractivity contribution in [2.75, 3.05) is 19.0 Å². The molecule has 0 unspecified atom stereocenters. The van der Waals surface area contributed by atoms with E-state index in [0.29, 0.717) is 5.89 Å². The first-order valence-corrected chi connectivity index (χ1v) is 9.90. The summed E-state index contributed by atoms with van der Waals surface area (Å²) in [6, 6.07) is 25.4. The average molecular weight is 370 g/mol. The second-order valence-electron chi connectivity index (χ2n) is 7.45. The number of hydrogen-bond donors (Lipinski definition) is 0. The molecule has 0 bridgehead atoms. The third kappa shape index (κ3) is 4.25. The van der Waals surface area contributed by atoms with Crippen molar-refractivity contribution in [2.24, 2.45) is 0 Å². The molecule has 4 aromatic rings. The summed E-state index contributed by atoms with van der Waals surface area (Å²) in [5, 5.41) is 0. The lowest BCUT2D eigenvalue weighted by atomic mass is 10.0. The van der Waals surface area contributed by atoms with Gasteiger partial charge in [-0.05, 0) is 73.2 Å². The van der Waals surface area contributed by atoms with E-state index in [4.69, 9.17) is 4.42 Å². The van der Waals surface area contributed by atoms with Gasteiger partial charge >= 0.3 is 0 Å².